The molecular formula is C16H27N3. The fourth-order valence-corrected chi connectivity index (χ4v) is 2.83. The van der Waals surface area contributed by atoms with Crippen molar-refractivity contribution >= 4 is 5.69 Å². The standard InChI is InChI=1S/C16H27N3/c1-5-14-6-8-15(9-7-14)19-11-13(2)18(4)12-16(19)10-17-3/h6-9,13,16-17H,5,10-12H2,1-4H3. The van der Waals surface area contributed by atoms with Crippen LogP contribution in [0, 0.1) is 0 Å². The van der Waals surface area contributed by atoms with Gasteiger partial charge in [-0.25, -0.2) is 0 Å². The van der Waals surface area contributed by atoms with Crippen molar-refractivity contribution in [2.75, 3.05) is 38.6 Å². The smallest absolute Gasteiger partial charge is 0.0542 e. The van der Waals surface area contributed by atoms with E-state index < -0.39 is 0 Å². The molecule has 2 rings (SSSR count). The van der Waals surface area contributed by atoms with E-state index >= 15 is 0 Å². The van der Waals surface area contributed by atoms with Gasteiger partial charge in [-0.1, -0.05) is 19.1 Å². The maximum atomic E-state index is 3.33. The van der Waals surface area contributed by atoms with Gasteiger partial charge in [0, 0.05) is 31.4 Å². The Kier molecular flexibility index (Phi) is 4.83. The number of likely N-dealkylation sites (N-methyl/N-ethyl adjacent to an activating group) is 2. The first-order valence-corrected chi connectivity index (χ1v) is 7.36. The molecule has 1 heterocycles. The van der Waals surface area contributed by atoms with Crippen LogP contribution in [-0.4, -0.2) is 50.7 Å². The summed E-state index contributed by atoms with van der Waals surface area (Å²) < 4.78 is 0. The first-order chi connectivity index (χ1) is 9.15. The van der Waals surface area contributed by atoms with Gasteiger partial charge in [0.25, 0.3) is 0 Å². The summed E-state index contributed by atoms with van der Waals surface area (Å²) in [4.78, 5) is 5.01. The molecule has 1 N–H and O–H groups in total. The van der Waals surface area contributed by atoms with Crippen molar-refractivity contribution in [1.29, 1.82) is 0 Å². The van der Waals surface area contributed by atoms with Gasteiger partial charge < -0.3 is 10.2 Å². The second kappa shape index (κ2) is 6.40. The predicted molar refractivity (Wildman–Crippen MR) is 83.0 cm³/mol. The Balaban J connectivity index is 2.17. The van der Waals surface area contributed by atoms with E-state index in [-0.39, 0.29) is 0 Å². The van der Waals surface area contributed by atoms with Crippen LogP contribution in [0.5, 0.6) is 0 Å². The molecule has 19 heavy (non-hydrogen) atoms. The van der Waals surface area contributed by atoms with Gasteiger partial charge in [0.15, 0.2) is 0 Å². The van der Waals surface area contributed by atoms with Gasteiger partial charge in [-0.05, 0) is 45.1 Å². The number of rotatable bonds is 4. The lowest BCUT2D eigenvalue weighted by atomic mass is 10.1. The lowest BCUT2D eigenvalue weighted by Gasteiger charge is -2.45. The number of hydrogen-bond acceptors (Lipinski definition) is 3. The quantitative estimate of drug-likeness (QED) is 0.894. The molecule has 0 saturated carbocycles. The van der Waals surface area contributed by atoms with Gasteiger partial charge in [-0.2, -0.15) is 0 Å². The third-order valence-electron chi connectivity index (χ3n) is 4.27. The minimum absolute atomic E-state index is 0.554. The largest absolute Gasteiger partial charge is 0.364 e. The summed E-state index contributed by atoms with van der Waals surface area (Å²) in [7, 11) is 4.27. The number of anilines is 1. The second-order valence-electron chi connectivity index (χ2n) is 5.67. The number of nitrogens with one attached hydrogen (secondary N) is 1. The van der Waals surface area contributed by atoms with Crippen molar-refractivity contribution < 1.29 is 0 Å². The predicted octanol–water partition coefficient (Wildman–Crippen LogP) is 1.98. The third kappa shape index (κ3) is 3.28. The van der Waals surface area contributed by atoms with Crippen LogP contribution in [0.4, 0.5) is 5.69 Å². The van der Waals surface area contributed by atoms with Crippen molar-refractivity contribution in [3.63, 3.8) is 0 Å². The lowest BCUT2D eigenvalue weighted by Crippen LogP contribution is -2.58. The normalized spacial score (nSPS) is 24.7. The van der Waals surface area contributed by atoms with Crippen LogP contribution >= 0.6 is 0 Å². The van der Waals surface area contributed by atoms with E-state index in [1.54, 1.807) is 0 Å². The number of aryl methyl sites for hydroxylation is 1. The van der Waals surface area contributed by atoms with Crippen LogP contribution in [0.15, 0.2) is 24.3 Å². The number of piperazine rings is 1. The summed E-state index contributed by atoms with van der Waals surface area (Å²) in [5, 5.41) is 3.33. The molecular weight excluding hydrogens is 234 g/mol. The summed E-state index contributed by atoms with van der Waals surface area (Å²) in [5.41, 5.74) is 2.77. The zero-order valence-electron chi connectivity index (χ0n) is 12.7. The van der Waals surface area contributed by atoms with E-state index in [0.29, 0.717) is 12.1 Å². The molecule has 1 aromatic rings. The van der Waals surface area contributed by atoms with E-state index in [4.69, 9.17) is 0 Å². The molecule has 2 unspecified atom stereocenters. The summed E-state index contributed by atoms with van der Waals surface area (Å²) in [6.07, 6.45) is 1.11. The van der Waals surface area contributed by atoms with Gasteiger partial charge in [0.05, 0.1) is 6.04 Å². The summed E-state index contributed by atoms with van der Waals surface area (Å²) in [6, 6.07) is 10.2. The molecule has 0 radical (unpaired) electrons. The maximum Gasteiger partial charge on any atom is 0.0542 e. The third-order valence-corrected chi connectivity index (χ3v) is 4.27. The van der Waals surface area contributed by atoms with E-state index in [0.717, 1.165) is 26.1 Å². The molecule has 1 aliphatic heterocycles. The van der Waals surface area contributed by atoms with Gasteiger partial charge in [0.1, 0.15) is 0 Å². The highest BCUT2D eigenvalue weighted by molar-refractivity contribution is 5.49. The molecule has 0 spiro atoms. The molecule has 0 aromatic heterocycles. The van der Waals surface area contributed by atoms with Gasteiger partial charge in [-0.15, -0.1) is 0 Å². The molecule has 2 atom stereocenters. The summed E-state index contributed by atoms with van der Waals surface area (Å²) in [5.74, 6) is 0. The highest BCUT2D eigenvalue weighted by atomic mass is 15.3. The van der Waals surface area contributed by atoms with Crippen molar-refractivity contribution in [3.05, 3.63) is 29.8 Å². The molecule has 0 aliphatic carbocycles. The number of hydrogen-bond donors (Lipinski definition) is 1. The molecule has 0 bridgehead atoms. The van der Waals surface area contributed by atoms with Crippen LogP contribution in [-0.2, 0) is 6.42 Å². The molecule has 106 valence electrons. The molecule has 0 amide bonds. The van der Waals surface area contributed by atoms with Gasteiger partial charge in [0.2, 0.25) is 0 Å². The minimum atomic E-state index is 0.554. The van der Waals surface area contributed by atoms with Crippen molar-refractivity contribution in [3.8, 4) is 0 Å². The highest BCUT2D eigenvalue weighted by Gasteiger charge is 2.29. The van der Waals surface area contributed by atoms with E-state index in [9.17, 15) is 0 Å². The van der Waals surface area contributed by atoms with Crippen LogP contribution < -0.4 is 10.2 Å². The van der Waals surface area contributed by atoms with E-state index in [2.05, 4.69) is 60.3 Å². The molecule has 1 aromatic carbocycles. The Hall–Kier alpha value is -1.06. The Labute approximate surface area is 117 Å². The summed E-state index contributed by atoms with van der Waals surface area (Å²) >= 11 is 0. The first-order valence-electron chi connectivity index (χ1n) is 7.36. The Morgan fingerprint density at radius 2 is 1.89 bits per heavy atom. The topological polar surface area (TPSA) is 18.5 Å². The average Bonchev–Trinajstić information content (AvgIpc) is 2.43. The highest BCUT2D eigenvalue weighted by Crippen LogP contribution is 2.23. The molecule has 1 saturated heterocycles. The van der Waals surface area contributed by atoms with Crippen LogP contribution in [0.2, 0.25) is 0 Å². The minimum Gasteiger partial charge on any atom is -0.364 e. The van der Waals surface area contributed by atoms with Crippen LogP contribution in [0.3, 0.4) is 0 Å². The van der Waals surface area contributed by atoms with Crippen molar-refractivity contribution in [1.82, 2.24) is 10.2 Å². The number of benzene rings is 1. The number of nitrogens with zero attached hydrogens (tertiary/aromatic N) is 2. The van der Waals surface area contributed by atoms with E-state index in [1.807, 2.05) is 7.05 Å². The maximum absolute atomic E-state index is 3.33. The summed E-state index contributed by atoms with van der Waals surface area (Å²) in [6.45, 7) is 7.78. The Bertz CT molecular complexity index is 387. The first kappa shape index (κ1) is 14.4. The van der Waals surface area contributed by atoms with Crippen LogP contribution in [0.25, 0.3) is 0 Å². The average molecular weight is 261 g/mol. The zero-order valence-corrected chi connectivity index (χ0v) is 12.7. The monoisotopic (exact) mass is 261 g/mol. The zero-order chi connectivity index (χ0) is 13.8. The Morgan fingerprint density at radius 1 is 1.21 bits per heavy atom. The fraction of sp³-hybridized carbons (Fsp3) is 0.625. The fourth-order valence-electron chi connectivity index (χ4n) is 2.83. The molecule has 1 aliphatic rings. The molecule has 3 heteroatoms. The van der Waals surface area contributed by atoms with E-state index in [1.165, 1.54) is 11.3 Å². The van der Waals surface area contributed by atoms with Crippen molar-refractivity contribution in [2.24, 2.45) is 0 Å². The second-order valence-corrected chi connectivity index (χ2v) is 5.67. The van der Waals surface area contributed by atoms with Gasteiger partial charge >= 0.3 is 0 Å². The van der Waals surface area contributed by atoms with Crippen LogP contribution in [0.1, 0.15) is 19.4 Å². The Morgan fingerprint density at radius 3 is 2.47 bits per heavy atom. The SMILES string of the molecule is CCc1ccc(N2CC(C)N(C)CC2CNC)cc1. The molecule has 3 nitrogen and oxygen atoms in total. The van der Waals surface area contributed by atoms with Crippen molar-refractivity contribution in [2.45, 2.75) is 32.4 Å². The lowest BCUT2D eigenvalue weighted by molar-refractivity contribution is 0.199. The van der Waals surface area contributed by atoms with Gasteiger partial charge in [-0.3, -0.25) is 4.90 Å². The molecule has 1 fully saturated rings.